The monoisotopic (exact) mass is 744 g/mol. The van der Waals surface area contributed by atoms with Crippen molar-refractivity contribution in [2.24, 2.45) is 16.5 Å². The first-order valence-corrected chi connectivity index (χ1v) is 18.8. The van der Waals surface area contributed by atoms with Gasteiger partial charge >= 0.3 is 0 Å². The van der Waals surface area contributed by atoms with Gasteiger partial charge in [-0.2, -0.15) is 0 Å². The molecule has 0 radical (unpaired) electrons. The normalized spacial score (nSPS) is 13.9. The number of anilines is 1. The first-order valence-electron chi connectivity index (χ1n) is 18.8. The average Bonchev–Trinajstić information content (AvgIpc) is 3.82. The molecule has 6 rings (SSSR count). The van der Waals surface area contributed by atoms with Gasteiger partial charge in [-0.15, -0.1) is 0 Å². The van der Waals surface area contributed by atoms with Crippen LogP contribution in [-0.4, -0.2) is 64.9 Å². The molecule has 12 heteroatoms. The fourth-order valence-electron chi connectivity index (χ4n) is 7.03. The van der Waals surface area contributed by atoms with Crippen LogP contribution < -0.4 is 27.4 Å². The minimum Gasteiger partial charge on any atom is -0.370 e. The summed E-state index contributed by atoms with van der Waals surface area (Å²) in [4.78, 5) is 47.7. The second kappa shape index (κ2) is 18.8. The SMILES string of the molecule is NC(N)=NCCCC(NC(=O)Cc1ccccc1)C(=O)NC(Cc1ccccc1)C(=O)Nc1ccc2c(c1)c(CN1CCCC1)cn2Cc1ccc(F)cc1. The van der Waals surface area contributed by atoms with Gasteiger partial charge in [0, 0.05) is 48.8 Å². The van der Waals surface area contributed by atoms with Gasteiger partial charge in [0.15, 0.2) is 5.96 Å². The molecule has 11 nitrogen and oxygen atoms in total. The van der Waals surface area contributed by atoms with Crippen LogP contribution >= 0.6 is 0 Å². The van der Waals surface area contributed by atoms with Crippen LogP contribution in [0.2, 0.25) is 0 Å². The van der Waals surface area contributed by atoms with E-state index in [1.54, 1.807) is 12.1 Å². The number of guanidine groups is 1. The van der Waals surface area contributed by atoms with Crippen molar-refractivity contribution in [1.82, 2.24) is 20.1 Å². The van der Waals surface area contributed by atoms with Gasteiger partial charge in [0.25, 0.3) is 0 Å². The molecule has 1 aliphatic heterocycles. The molecule has 3 amide bonds. The number of nitrogens with one attached hydrogen (secondary N) is 3. The smallest absolute Gasteiger partial charge is 0.247 e. The second-order valence-electron chi connectivity index (χ2n) is 14.1. The van der Waals surface area contributed by atoms with Crippen LogP contribution in [0.3, 0.4) is 0 Å². The Balaban J connectivity index is 1.23. The van der Waals surface area contributed by atoms with Crippen LogP contribution in [0.25, 0.3) is 10.9 Å². The number of aliphatic imine (C=N–C) groups is 1. The maximum atomic E-state index is 14.1. The Labute approximate surface area is 321 Å². The number of carbonyl (C=O) groups is 3. The predicted octanol–water partition coefficient (Wildman–Crippen LogP) is 4.87. The van der Waals surface area contributed by atoms with Crippen molar-refractivity contribution in [1.29, 1.82) is 0 Å². The molecular weight excluding hydrogens is 696 g/mol. The summed E-state index contributed by atoms with van der Waals surface area (Å²) in [7, 11) is 0. The van der Waals surface area contributed by atoms with Gasteiger partial charge in [0.05, 0.1) is 6.42 Å². The first-order chi connectivity index (χ1) is 26.7. The molecular formula is C43H49FN8O3. The predicted molar refractivity (Wildman–Crippen MR) is 215 cm³/mol. The summed E-state index contributed by atoms with van der Waals surface area (Å²) >= 11 is 0. The molecule has 2 heterocycles. The zero-order valence-electron chi connectivity index (χ0n) is 30.9. The standard InChI is InChI=1S/C43H49FN8O3/c44-34-17-15-32(16-18-34)27-52-29-33(28-51-22-7-8-23-51)36-26-35(19-20-39(36)52)48-42(55)38(24-30-10-3-1-4-11-30)50-41(54)37(14-9-21-47-43(45)46)49-40(53)25-31-12-5-2-6-13-31/h1-6,10-13,15-20,26,29,37-38H,7-9,14,21-25,27-28H2,(H,48,55)(H,49,53)(H,50,54)(H4,45,46,47). The lowest BCUT2D eigenvalue weighted by molar-refractivity contribution is -0.131. The average molecular weight is 745 g/mol. The van der Waals surface area contributed by atoms with Crippen LogP contribution in [0.1, 0.15) is 47.9 Å². The van der Waals surface area contributed by atoms with Crippen LogP contribution in [0.5, 0.6) is 0 Å². The molecule has 1 aromatic heterocycles. The molecule has 0 aliphatic carbocycles. The number of fused-ring (bicyclic) bond motifs is 1. The number of nitrogens with two attached hydrogens (primary N) is 2. The largest absolute Gasteiger partial charge is 0.370 e. The first kappa shape index (κ1) is 38.7. The minimum absolute atomic E-state index is 0.0560. The number of aromatic nitrogens is 1. The number of carbonyl (C=O) groups excluding carboxylic acids is 3. The summed E-state index contributed by atoms with van der Waals surface area (Å²) in [6.07, 6.45) is 5.49. The number of likely N-dealkylation sites (tertiary alicyclic amines) is 1. The molecule has 5 aromatic rings. The van der Waals surface area contributed by atoms with Gasteiger partial charge in [-0.25, -0.2) is 4.39 Å². The number of halogens is 1. The second-order valence-corrected chi connectivity index (χ2v) is 14.1. The zero-order valence-corrected chi connectivity index (χ0v) is 30.9. The van der Waals surface area contributed by atoms with E-state index in [9.17, 15) is 18.8 Å². The van der Waals surface area contributed by atoms with E-state index in [1.807, 2.05) is 78.9 Å². The van der Waals surface area contributed by atoms with Gasteiger partial charge < -0.3 is 32.0 Å². The van der Waals surface area contributed by atoms with E-state index in [1.165, 1.54) is 12.1 Å². The number of amides is 3. The Kier molecular flexibility index (Phi) is 13.3. The fourth-order valence-corrected chi connectivity index (χ4v) is 7.03. The van der Waals surface area contributed by atoms with Crippen molar-refractivity contribution < 1.29 is 18.8 Å². The van der Waals surface area contributed by atoms with Crippen molar-refractivity contribution in [3.63, 3.8) is 0 Å². The fraction of sp³-hybridized carbons (Fsp3) is 0.302. The summed E-state index contributed by atoms with van der Waals surface area (Å²) in [5, 5.41) is 9.90. The van der Waals surface area contributed by atoms with E-state index in [4.69, 9.17) is 11.5 Å². The van der Waals surface area contributed by atoms with Gasteiger partial charge in [-0.3, -0.25) is 24.3 Å². The summed E-state index contributed by atoms with van der Waals surface area (Å²) in [6, 6.07) is 29.2. The molecule has 1 saturated heterocycles. The number of hydrogen-bond acceptors (Lipinski definition) is 5. The molecule has 4 aromatic carbocycles. The molecule has 0 saturated carbocycles. The third-order valence-electron chi connectivity index (χ3n) is 9.81. The van der Waals surface area contributed by atoms with Crippen molar-refractivity contribution in [3.8, 4) is 0 Å². The number of nitrogens with zero attached hydrogens (tertiary/aromatic N) is 3. The lowest BCUT2D eigenvalue weighted by atomic mass is 10.0. The molecule has 0 bridgehead atoms. The topological polar surface area (TPSA) is 160 Å². The summed E-state index contributed by atoms with van der Waals surface area (Å²) in [5.41, 5.74) is 16.4. The van der Waals surface area contributed by atoms with Crippen LogP contribution in [0, 0.1) is 5.82 Å². The third kappa shape index (κ3) is 11.2. The molecule has 0 spiro atoms. The highest BCUT2D eigenvalue weighted by molar-refractivity contribution is 6.00. The molecule has 55 heavy (non-hydrogen) atoms. The van der Waals surface area contributed by atoms with Crippen molar-refractivity contribution in [2.75, 3.05) is 25.0 Å². The maximum absolute atomic E-state index is 14.1. The number of benzene rings is 4. The minimum atomic E-state index is -0.955. The molecule has 2 atom stereocenters. The van der Waals surface area contributed by atoms with Gasteiger partial charge in [0.1, 0.15) is 17.9 Å². The van der Waals surface area contributed by atoms with Gasteiger partial charge in [0.2, 0.25) is 17.7 Å². The number of rotatable bonds is 17. The van der Waals surface area contributed by atoms with Crippen molar-refractivity contribution in [3.05, 3.63) is 137 Å². The third-order valence-corrected chi connectivity index (χ3v) is 9.81. The quantitative estimate of drug-likeness (QED) is 0.0519. The Bertz CT molecular complexity index is 2080. The highest BCUT2D eigenvalue weighted by Crippen LogP contribution is 2.28. The van der Waals surface area contributed by atoms with Crippen molar-refractivity contribution in [2.45, 2.75) is 63.7 Å². The lowest BCUT2D eigenvalue weighted by Crippen LogP contribution is -2.53. The Morgan fingerprint density at radius 3 is 2.15 bits per heavy atom. The highest BCUT2D eigenvalue weighted by Gasteiger charge is 2.27. The molecule has 2 unspecified atom stereocenters. The van der Waals surface area contributed by atoms with Crippen molar-refractivity contribution >= 4 is 40.3 Å². The van der Waals surface area contributed by atoms with Gasteiger partial charge in [-0.05, 0) is 91.4 Å². The van der Waals surface area contributed by atoms with Gasteiger partial charge in [-0.1, -0.05) is 72.8 Å². The lowest BCUT2D eigenvalue weighted by Gasteiger charge is -2.23. The highest BCUT2D eigenvalue weighted by atomic mass is 19.1. The Morgan fingerprint density at radius 2 is 1.45 bits per heavy atom. The zero-order chi connectivity index (χ0) is 38.6. The van der Waals surface area contributed by atoms with E-state index in [2.05, 4.69) is 36.6 Å². The molecule has 1 aliphatic rings. The van der Waals surface area contributed by atoms with E-state index >= 15 is 0 Å². The van der Waals surface area contributed by atoms with E-state index in [0.29, 0.717) is 18.7 Å². The van der Waals surface area contributed by atoms with E-state index < -0.39 is 23.9 Å². The summed E-state index contributed by atoms with van der Waals surface area (Å²) < 4.78 is 15.8. The molecule has 1 fully saturated rings. The van der Waals surface area contributed by atoms with E-state index in [0.717, 1.165) is 65.6 Å². The van der Waals surface area contributed by atoms with Crippen LogP contribution in [-0.2, 0) is 40.3 Å². The molecule has 286 valence electrons. The van der Waals surface area contributed by atoms with Crippen LogP contribution in [0.15, 0.2) is 114 Å². The maximum Gasteiger partial charge on any atom is 0.247 e. The van der Waals surface area contributed by atoms with E-state index in [-0.39, 0.29) is 43.5 Å². The van der Waals surface area contributed by atoms with Crippen LogP contribution in [0.4, 0.5) is 10.1 Å². The Hall–Kier alpha value is -6.01. The summed E-state index contributed by atoms with van der Waals surface area (Å²) in [6.45, 7) is 3.69. The molecule has 7 N–H and O–H groups in total. The summed E-state index contributed by atoms with van der Waals surface area (Å²) in [5.74, 6) is -1.52. The number of hydrogen-bond donors (Lipinski definition) is 5. The Morgan fingerprint density at radius 1 is 0.764 bits per heavy atom.